The van der Waals surface area contributed by atoms with Crippen molar-refractivity contribution < 1.29 is 9.90 Å². The summed E-state index contributed by atoms with van der Waals surface area (Å²) in [5.74, 6) is -0.919. The highest BCUT2D eigenvalue weighted by atomic mass is 79.9. The molecule has 6 heteroatoms. The Hall–Kier alpha value is -1.66. The Labute approximate surface area is 125 Å². The van der Waals surface area contributed by atoms with Gasteiger partial charge in [-0.05, 0) is 28.0 Å². The number of aliphatic carboxylic acids is 1. The van der Waals surface area contributed by atoms with E-state index in [-0.39, 0.29) is 6.54 Å². The van der Waals surface area contributed by atoms with Crippen LogP contribution in [0.15, 0.2) is 47.2 Å². The van der Waals surface area contributed by atoms with E-state index >= 15 is 0 Å². The van der Waals surface area contributed by atoms with E-state index in [0.717, 1.165) is 4.47 Å². The highest BCUT2D eigenvalue weighted by Crippen LogP contribution is 2.24. The molecule has 0 saturated carbocycles. The summed E-state index contributed by atoms with van der Waals surface area (Å²) in [4.78, 5) is 11.9. The lowest BCUT2D eigenvalue weighted by Gasteiger charge is -2.30. The number of carbonyl (C=O) groups is 1. The van der Waals surface area contributed by atoms with Gasteiger partial charge in [0.05, 0.1) is 17.2 Å². The van der Waals surface area contributed by atoms with Crippen LogP contribution in [-0.2, 0) is 16.9 Å². The van der Waals surface area contributed by atoms with Gasteiger partial charge in [0.25, 0.3) is 0 Å². The monoisotopic (exact) mass is 337 g/mol. The second kappa shape index (κ2) is 6.19. The zero-order valence-corrected chi connectivity index (χ0v) is 12.7. The molecular formula is C14H16BrN3O2. The normalized spacial score (nSPS) is 13.9. The number of aromatic nitrogens is 2. The molecule has 2 rings (SSSR count). The Kier molecular flexibility index (Phi) is 4.57. The van der Waals surface area contributed by atoms with Gasteiger partial charge in [0, 0.05) is 6.20 Å². The molecule has 0 aliphatic heterocycles. The maximum atomic E-state index is 11.9. The Bertz CT molecular complexity index is 585. The zero-order valence-electron chi connectivity index (χ0n) is 11.1. The average Bonchev–Trinajstić information content (AvgIpc) is 2.84. The largest absolute Gasteiger partial charge is 0.480 e. The SMILES string of the molecule is CCNC(Cn1cc(Br)cn1)(C(=O)O)c1ccccc1. The van der Waals surface area contributed by atoms with Crippen molar-refractivity contribution in [3.8, 4) is 0 Å². The van der Waals surface area contributed by atoms with Crippen molar-refractivity contribution in [1.82, 2.24) is 15.1 Å². The first kappa shape index (κ1) is 14.7. The summed E-state index contributed by atoms with van der Waals surface area (Å²) >= 11 is 3.32. The van der Waals surface area contributed by atoms with Crippen LogP contribution < -0.4 is 5.32 Å². The van der Waals surface area contributed by atoms with Crippen LogP contribution in [0.2, 0.25) is 0 Å². The second-order valence-electron chi connectivity index (χ2n) is 4.46. The molecule has 0 spiro atoms. The van der Waals surface area contributed by atoms with Gasteiger partial charge in [-0.15, -0.1) is 0 Å². The fourth-order valence-corrected chi connectivity index (χ4v) is 2.54. The van der Waals surface area contributed by atoms with Gasteiger partial charge in [-0.2, -0.15) is 5.10 Å². The minimum atomic E-state index is -1.19. The summed E-state index contributed by atoms with van der Waals surface area (Å²) in [7, 11) is 0. The first-order chi connectivity index (χ1) is 9.58. The first-order valence-corrected chi connectivity index (χ1v) is 7.09. The lowest BCUT2D eigenvalue weighted by molar-refractivity contribution is -0.146. The minimum absolute atomic E-state index is 0.214. The number of rotatable bonds is 6. The first-order valence-electron chi connectivity index (χ1n) is 6.30. The van der Waals surface area contributed by atoms with Crippen LogP contribution in [0.5, 0.6) is 0 Å². The van der Waals surface area contributed by atoms with E-state index in [4.69, 9.17) is 0 Å². The Morgan fingerprint density at radius 3 is 2.65 bits per heavy atom. The van der Waals surface area contributed by atoms with E-state index in [1.54, 1.807) is 17.1 Å². The lowest BCUT2D eigenvalue weighted by Crippen LogP contribution is -2.52. The van der Waals surface area contributed by atoms with E-state index in [1.807, 2.05) is 37.3 Å². The summed E-state index contributed by atoms with van der Waals surface area (Å²) in [5, 5.41) is 17.0. The summed E-state index contributed by atoms with van der Waals surface area (Å²) in [6, 6.07) is 9.17. The molecule has 1 heterocycles. The van der Waals surface area contributed by atoms with E-state index in [9.17, 15) is 9.90 Å². The van der Waals surface area contributed by atoms with Crippen molar-refractivity contribution >= 4 is 21.9 Å². The predicted molar refractivity (Wildman–Crippen MR) is 79.4 cm³/mol. The molecule has 1 atom stereocenters. The molecule has 0 saturated heterocycles. The quantitative estimate of drug-likeness (QED) is 0.848. The standard InChI is InChI=1S/C14H16BrN3O2/c1-2-16-14(13(19)20,11-6-4-3-5-7-11)10-18-9-12(15)8-17-18/h3-9,16H,2,10H2,1H3,(H,19,20). The van der Waals surface area contributed by atoms with Gasteiger partial charge < -0.3 is 5.11 Å². The molecule has 2 N–H and O–H groups in total. The number of halogens is 1. The zero-order chi connectivity index (χ0) is 14.6. The van der Waals surface area contributed by atoms with Gasteiger partial charge >= 0.3 is 5.97 Å². The van der Waals surface area contributed by atoms with Crippen LogP contribution >= 0.6 is 15.9 Å². The van der Waals surface area contributed by atoms with Crippen molar-refractivity contribution in [2.45, 2.75) is 19.0 Å². The molecule has 0 aliphatic carbocycles. The van der Waals surface area contributed by atoms with Crippen LogP contribution in [0.3, 0.4) is 0 Å². The number of carboxylic acid groups (broad SMARTS) is 1. The summed E-state index contributed by atoms with van der Waals surface area (Å²) in [6.07, 6.45) is 3.40. The second-order valence-corrected chi connectivity index (χ2v) is 5.38. The summed E-state index contributed by atoms with van der Waals surface area (Å²) < 4.78 is 2.44. The van der Waals surface area contributed by atoms with Gasteiger partial charge in [0.2, 0.25) is 0 Å². The molecule has 0 bridgehead atoms. The summed E-state index contributed by atoms with van der Waals surface area (Å²) in [5.41, 5.74) is -0.484. The average molecular weight is 338 g/mol. The molecule has 20 heavy (non-hydrogen) atoms. The molecule has 5 nitrogen and oxygen atoms in total. The Balaban J connectivity index is 2.44. The number of likely N-dealkylation sites (N-methyl/N-ethyl adjacent to an activating group) is 1. The minimum Gasteiger partial charge on any atom is -0.480 e. The van der Waals surface area contributed by atoms with Gasteiger partial charge in [-0.3, -0.25) is 10.00 Å². The number of nitrogens with one attached hydrogen (secondary N) is 1. The fourth-order valence-electron chi connectivity index (χ4n) is 2.21. The van der Waals surface area contributed by atoms with Crippen molar-refractivity contribution in [2.24, 2.45) is 0 Å². The molecule has 2 aromatic rings. The number of nitrogens with zero attached hydrogens (tertiary/aromatic N) is 2. The van der Waals surface area contributed by atoms with Crippen molar-refractivity contribution in [2.75, 3.05) is 6.54 Å². The Morgan fingerprint density at radius 1 is 1.45 bits per heavy atom. The topological polar surface area (TPSA) is 67.2 Å². The molecule has 1 aromatic heterocycles. The number of hydrogen-bond donors (Lipinski definition) is 2. The van der Waals surface area contributed by atoms with Crippen LogP contribution in [-0.4, -0.2) is 27.4 Å². The third kappa shape index (κ3) is 2.91. The van der Waals surface area contributed by atoms with E-state index in [0.29, 0.717) is 12.1 Å². The van der Waals surface area contributed by atoms with Gasteiger partial charge in [0.15, 0.2) is 5.54 Å². The lowest BCUT2D eigenvalue weighted by atomic mass is 9.89. The van der Waals surface area contributed by atoms with E-state index < -0.39 is 11.5 Å². The molecule has 1 aromatic carbocycles. The van der Waals surface area contributed by atoms with Crippen LogP contribution in [0, 0.1) is 0 Å². The third-order valence-electron chi connectivity index (χ3n) is 3.11. The predicted octanol–water partition coefficient (Wildman–Crippen LogP) is 2.24. The molecule has 0 amide bonds. The van der Waals surface area contributed by atoms with E-state index in [2.05, 4.69) is 26.3 Å². The molecule has 0 radical (unpaired) electrons. The third-order valence-corrected chi connectivity index (χ3v) is 3.52. The number of benzene rings is 1. The van der Waals surface area contributed by atoms with Gasteiger partial charge in [-0.25, -0.2) is 4.79 Å². The highest BCUT2D eigenvalue weighted by Gasteiger charge is 2.40. The maximum absolute atomic E-state index is 11.9. The van der Waals surface area contributed by atoms with Crippen LogP contribution in [0.25, 0.3) is 0 Å². The maximum Gasteiger partial charge on any atom is 0.330 e. The van der Waals surface area contributed by atoms with Crippen molar-refractivity contribution in [1.29, 1.82) is 0 Å². The van der Waals surface area contributed by atoms with Crippen molar-refractivity contribution in [3.05, 3.63) is 52.8 Å². The number of carboxylic acids is 1. The molecule has 0 fully saturated rings. The number of hydrogen-bond acceptors (Lipinski definition) is 3. The molecule has 1 unspecified atom stereocenters. The van der Waals surface area contributed by atoms with Crippen molar-refractivity contribution in [3.63, 3.8) is 0 Å². The molecule has 0 aliphatic rings. The highest BCUT2D eigenvalue weighted by molar-refractivity contribution is 9.10. The van der Waals surface area contributed by atoms with Crippen LogP contribution in [0.1, 0.15) is 12.5 Å². The van der Waals surface area contributed by atoms with Gasteiger partial charge in [0.1, 0.15) is 0 Å². The fraction of sp³-hybridized carbons (Fsp3) is 0.286. The summed E-state index contributed by atoms with van der Waals surface area (Å²) in [6.45, 7) is 2.65. The van der Waals surface area contributed by atoms with E-state index in [1.165, 1.54) is 0 Å². The Morgan fingerprint density at radius 2 is 2.15 bits per heavy atom. The smallest absolute Gasteiger partial charge is 0.330 e. The van der Waals surface area contributed by atoms with Crippen LogP contribution in [0.4, 0.5) is 0 Å². The van der Waals surface area contributed by atoms with Gasteiger partial charge in [-0.1, -0.05) is 37.3 Å². The molecule has 106 valence electrons. The molecular weight excluding hydrogens is 322 g/mol.